The van der Waals surface area contributed by atoms with Crippen molar-refractivity contribution in [3.63, 3.8) is 0 Å². The fraction of sp³-hybridized carbons (Fsp3) is 0.350. The lowest BCUT2D eigenvalue weighted by molar-refractivity contribution is -0.117. The summed E-state index contributed by atoms with van der Waals surface area (Å²) in [6.07, 6.45) is 3.74. The van der Waals surface area contributed by atoms with Crippen LogP contribution in [-0.2, 0) is 11.3 Å². The quantitative estimate of drug-likeness (QED) is 0.541. The fourth-order valence-corrected chi connectivity index (χ4v) is 4.85. The number of anilines is 2. The molecule has 0 atom stereocenters. The first-order valence-corrected chi connectivity index (χ1v) is 10.7. The van der Waals surface area contributed by atoms with Crippen LogP contribution < -0.4 is 15.9 Å². The lowest BCUT2D eigenvalue weighted by Gasteiger charge is -2.11. The highest BCUT2D eigenvalue weighted by atomic mass is 32.1. The Morgan fingerprint density at radius 2 is 1.93 bits per heavy atom. The number of thiazole rings is 1. The fourth-order valence-electron chi connectivity index (χ4n) is 3.80. The van der Waals surface area contributed by atoms with Gasteiger partial charge in [0.1, 0.15) is 17.6 Å². The number of para-hydroxylation sites is 1. The number of fused-ring (bicyclic) bond motifs is 3. The van der Waals surface area contributed by atoms with Crippen molar-refractivity contribution in [2.24, 2.45) is 0 Å². The Morgan fingerprint density at radius 1 is 1.20 bits per heavy atom. The number of benzene rings is 1. The molecule has 30 heavy (non-hydrogen) atoms. The van der Waals surface area contributed by atoms with Crippen molar-refractivity contribution >= 4 is 44.1 Å². The molecule has 0 spiro atoms. The molecule has 10 heteroatoms. The third-order valence-electron chi connectivity index (χ3n) is 5.38. The van der Waals surface area contributed by atoms with Gasteiger partial charge in [0.2, 0.25) is 5.91 Å². The second-order valence-electron chi connectivity index (χ2n) is 7.54. The van der Waals surface area contributed by atoms with E-state index in [4.69, 9.17) is 0 Å². The first kappa shape index (κ1) is 18.7. The highest BCUT2D eigenvalue weighted by Gasteiger charge is 2.20. The number of nitrogens with one attached hydrogen (secondary N) is 1. The van der Waals surface area contributed by atoms with Gasteiger partial charge in [0.15, 0.2) is 16.4 Å². The van der Waals surface area contributed by atoms with E-state index in [2.05, 4.69) is 25.3 Å². The van der Waals surface area contributed by atoms with Gasteiger partial charge in [-0.05, 0) is 37.8 Å². The Labute approximate surface area is 176 Å². The smallest absolute Gasteiger partial charge is 0.348 e. The molecule has 0 aliphatic carbocycles. The van der Waals surface area contributed by atoms with Gasteiger partial charge in [-0.3, -0.25) is 4.79 Å². The van der Waals surface area contributed by atoms with Gasteiger partial charge in [-0.25, -0.2) is 18.9 Å². The maximum Gasteiger partial charge on any atom is 0.352 e. The van der Waals surface area contributed by atoms with Gasteiger partial charge < -0.3 is 10.2 Å². The standard InChI is InChI=1S/C20H21N7O2S/c1-12-6-5-7-13(2)15(12)22-14(28)10-27-20(29)26-11-21-17-16(18(26)24-27)30-19(23-17)25-8-3-4-9-25/h5-7,11H,3-4,8-10H2,1-2H3,(H,22,28). The molecule has 1 fully saturated rings. The molecule has 9 nitrogen and oxygen atoms in total. The molecule has 4 aromatic rings. The summed E-state index contributed by atoms with van der Waals surface area (Å²) in [6.45, 7) is 5.66. The average Bonchev–Trinajstić information content (AvgIpc) is 3.44. The van der Waals surface area contributed by atoms with Crippen molar-refractivity contribution in [1.29, 1.82) is 0 Å². The largest absolute Gasteiger partial charge is 0.352 e. The van der Waals surface area contributed by atoms with Crippen LogP contribution >= 0.6 is 11.3 Å². The van der Waals surface area contributed by atoms with E-state index in [1.165, 1.54) is 26.7 Å². The van der Waals surface area contributed by atoms with Gasteiger partial charge in [0, 0.05) is 18.8 Å². The molecule has 0 saturated carbocycles. The van der Waals surface area contributed by atoms with Crippen molar-refractivity contribution in [3.05, 3.63) is 46.1 Å². The second kappa shape index (κ2) is 7.21. The monoisotopic (exact) mass is 423 g/mol. The summed E-state index contributed by atoms with van der Waals surface area (Å²) >= 11 is 1.49. The summed E-state index contributed by atoms with van der Waals surface area (Å²) in [7, 11) is 0. The second-order valence-corrected chi connectivity index (χ2v) is 8.51. The number of aromatic nitrogens is 5. The summed E-state index contributed by atoms with van der Waals surface area (Å²) in [5, 5.41) is 8.22. The topological polar surface area (TPSA) is 97.4 Å². The lowest BCUT2D eigenvalue weighted by Crippen LogP contribution is -2.28. The van der Waals surface area contributed by atoms with Gasteiger partial charge in [0.25, 0.3) is 0 Å². The third-order valence-corrected chi connectivity index (χ3v) is 6.48. The molecule has 5 rings (SSSR count). The van der Waals surface area contributed by atoms with E-state index in [-0.39, 0.29) is 12.5 Å². The first-order valence-electron chi connectivity index (χ1n) is 9.87. The Hall–Kier alpha value is -3.27. The number of hydrogen-bond donors (Lipinski definition) is 1. The van der Waals surface area contributed by atoms with Crippen LogP contribution in [0.15, 0.2) is 29.3 Å². The third kappa shape index (κ3) is 3.13. The molecular formula is C20H21N7O2S. The zero-order valence-corrected chi connectivity index (χ0v) is 17.6. The van der Waals surface area contributed by atoms with Crippen LogP contribution in [0.2, 0.25) is 0 Å². The number of hydrogen-bond acceptors (Lipinski definition) is 7. The van der Waals surface area contributed by atoms with Gasteiger partial charge in [-0.2, -0.15) is 4.98 Å². The molecule has 0 unspecified atom stereocenters. The van der Waals surface area contributed by atoms with E-state index in [0.29, 0.717) is 11.3 Å². The summed E-state index contributed by atoms with van der Waals surface area (Å²) in [6, 6.07) is 5.81. The zero-order chi connectivity index (χ0) is 20.8. The summed E-state index contributed by atoms with van der Waals surface area (Å²) in [4.78, 5) is 36.5. The number of rotatable bonds is 4. The number of aryl methyl sites for hydroxylation is 2. The van der Waals surface area contributed by atoms with Crippen LogP contribution in [0.3, 0.4) is 0 Å². The lowest BCUT2D eigenvalue weighted by atomic mass is 10.1. The SMILES string of the molecule is Cc1cccc(C)c1NC(=O)Cn1nc2c3sc(N4CCCC4)nc3ncn2c1=O. The summed E-state index contributed by atoms with van der Waals surface area (Å²) in [5.41, 5.74) is 3.36. The predicted molar refractivity (Wildman–Crippen MR) is 116 cm³/mol. The van der Waals surface area contributed by atoms with Crippen LogP contribution in [0, 0.1) is 13.8 Å². The molecule has 154 valence electrons. The van der Waals surface area contributed by atoms with Gasteiger partial charge >= 0.3 is 5.69 Å². The number of carbonyl (C=O) groups excluding carboxylic acids is 1. The Balaban J connectivity index is 1.47. The number of carbonyl (C=O) groups is 1. The highest BCUT2D eigenvalue weighted by Crippen LogP contribution is 2.31. The van der Waals surface area contributed by atoms with E-state index >= 15 is 0 Å². The molecule has 4 heterocycles. The van der Waals surface area contributed by atoms with Crippen LogP contribution in [0.25, 0.3) is 16.0 Å². The molecule has 1 aliphatic heterocycles. The van der Waals surface area contributed by atoms with Gasteiger partial charge in [0.05, 0.1) is 0 Å². The average molecular weight is 424 g/mol. The molecule has 1 aliphatic rings. The molecule has 0 radical (unpaired) electrons. The Kier molecular flexibility index (Phi) is 4.50. The first-order chi connectivity index (χ1) is 14.5. The Bertz CT molecular complexity index is 1310. The van der Waals surface area contributed by atoms with Crippen molar-refractivity contribution in [1.82, 2.24) is 24.1 Å². The molecule has 0 bridgehead atoms. The zero-order valence-electron chi connectivity index (χ0n) is 16.8. The maximum atomic E-state index is 12.8. The van der Waals surface area contributed by atoms with Crippen LogP contribution in [0.5, 0.6) is 0 Å². The highest BCUT2D eigenvalue weighted by molar-refractivity contribution is 7.22. The molecule has 1 amide bonds. The van der Waals surface area contributed by atoms with Gasteiger partial charge in [-0.15, -0.1) is 5.10 Å². The van der Waals surface area contributed by atoms with Crippen molar-refractivity contribution in [3.8, 4) is 0 Å². The predicted octanol–water partition coefficient (Wildman–Crippen LogP) is 2.36. The summed E-state index contributed by atoms with van der Waals surface area (Å²) in [5.74, 6) is -0.302. The van der Waals surface area contributed by atoms with E-state index in [0.717, 1.165) is 52.6 Å². The number of amides is 1. The van der Waals surface area contributed by atoms with Crippen LogP contribution in [0.4, 0.5) is 10.8 Å². The molecule has 1 saturated heterocycles. The minimum atomic E-state index is -0.396. The normalized spacial score (nSPS) is 14.1. The molecule has 3 aromatic heterocycles. The van der Waals surface area contributed by atoms with Crippen LogP contribution in [0.1, 0.15) is 24.0 Å². The molecule has 1 N–H and O–H groups in total. The molecule has 1 aromatic carbocycles. The van der Waals surface area contributed by atoms with E-state index in [1.54, 1.807) is 0 Å². The minimum Gasteiger partial charge on any atom is -0.348 e. The minimum absolute atomic E-state index is 0.173. The maximum absolute atomic E-state index is 12.8. The summed E-state index contributed by atoms with van der Waals surface area (Å²) < 4.78 is 3.31. The number of nitrogens with zero attached hydrogens (tertiary/aromatic N) is 6. The van der Waals surface area contributed by atoms with Crippen LogP contribution in [-0.4, -0.2) is 43.1 Å². The van der Waals surface area contributed by atoms with E-state index in [1.807, 2.05) is 32.0 Å². The van der Waals surface area contributed by atoms with Crippen molar-refractivity contribution in [2.45, 2.75) is 33.2 Å². The van der Waals surface area contributed by atoms with E-state index in [9.17, 15) is 9.59 Å². The Morgan fingerprint density at radius 3 is 2.67 bits per heavy atom. The molecular weight excluding hydrogens is 402 g/mol. The van der Waals surface area contributed by atoms with Crippen molar-refractivity contribution in [2.75, 3.05) is 23.3 Å². The van der Waals surface area contributed by atoms with Gasteiger partial charge in [-0.1, -0.05) is 29.5 Å². The van der Waals surface area contributed by atoms with Crippen molar-refractivity contribution < 1.29 is 4.79 Å². The van der Waals surface area contributed by atoms with E-state index < -0.39 is 5.69 Å².